The van der Waals surface area contributed by atoms with Gasteiger partial charge in [-0.15, -0.1) is 0 Å². The van der Waals surface area contributed by atoms with E-state index in [0.29, 0.717) is 37.6 Å². The number of carbonyl (C=O) groups is 1. The first-order valence-corrected chi connectivity index (χ1v) is 6.77. The molecule has 0 spiro atoms. The minimum absolute atomic E-state index is 0.0860. The summed E-state index contributed by atoms with van der Waals surface area (Å²) in [5.74, 6) is -1.18. The van der Waals surface area contributed by atoms with Crippen molar-refractivity contribution in [1.82, 2.24) is 0 Å². The fourth-order valence-electron chi connectivity index (χ4n) is 2.09. The number of hydrogen-bond donors (Lipinski definition) is 1. The number of likely N-dealkylation sites (N-methyl/N-ethyl adjacent to an activating group) is 1. The molecule has 0 saturated carbocycles. The lowest BCUT2D eigenvalue weighted by Crippen LogP contribution is -2.28. The van der Waals surface area contributed by atoms with Crippen molar-refractivity contribution in [3.8, 4) is 0 Å². The van der Waals surface area contributed by atoms with Crippen molar-refractivity contribution >= 4 is 17.3 Å². The van der Waals surface area contributed by atoms with Gasteiger partial charge in [0.25, 0.3) is 5.69 Å². The molecule has 0 aliphatic carbocycles. The molecule has 0 aromatic heterocycles. The second kappa shape index (κ2) is 7.58. The molecule has 21 heavy (non-hydrogen) atoms. The highest BCUT2D eigenvalue weighted by Gasteiger charge is 2.21. The number of carboxylic acid groups (broad SMARTS) is 1. The maximum atomic E-state index is 11.1. The standard InChI is InChI=1S/C14H20N2O5/c1-4-15(6-7-21-5-2)12-8-11(14(17)18)9-13(10(12)3)16(19)20/h8-9H,4-7H2,1-3H3,(H,17,18). The molecule has 0 aliphatic heterocycles. The van der Waals surface area contributed by atoms with Gasteiger partial charge in [0.05, 0.1) is 22.7 Å². The summed E-state index contributed by atoms with van der Waals surface area (Å²) in [5, 5.41) is 20.2. The molecule has 0 amide bonds. The Bertz CT molecular complexity index is 530. The van der Waals surface area contributed by atoms with E-state index in [4.69, 9.17) is 9.84 Å². The number of nitrogens with zero attached hydrogens (tertiary/aromatic N) is 2. The van der Waals surface area contributed by atoms with E-state index in [2.05, 4.69) is 0 Å². The lowest BCUT2D eigenvalue weighted by molar-refractivity contribution is -0.385. The number of rotatable bonds is 8. The summed E-state index contributed by atoms with van der Waals surface area (Å²) in [6, 6.07) is 2.57. The highest BCUT2D eigenvalue weighted by Crippen LogP contribution is 2.30. The van der Waals surface area contributed by atoms with Crippen LogP contribution >= 0.6 is 0 Å². The molecule has 1 aromatic rings. The molecule has 0 radical (unpaired) electrons. The van der Waals surface area contributed by atoms with Crippen LogP contribution < -0.4 is 4.90 Å². The van der Waals surface area contributed by atoms with Gasteiger partial charge in [-0.05, 0) is 26.8 Å². The molecular formula is C14H20N2O5. The SMILES string of the molecule is CCOCCN(CC)c1cc(C(=O)O)cc([N+](=O)[O-])c1C. The Morgan fingerprint density at radius 1 is 1.43 bits per heavy atom. The van der Waals surface area contributed by atoms with E-state index in [9.17, 15) is 14.9 Å². The van der Waals surface area contributed by atoms with Crippen LogP contribution in [0.25, 0.3) is 0 Å². The van der Waals surface area contributed by atoms with Crippen LogP contribution in [0.2, 0.25) is 0 Å². The molecule has 0 heterocycles. The Hall–Kier alpha value is -2.15. The quantitative estimate of drug-likeness (QED) is 0.450. The Kier molecular flexibility index (Phi) is 6.10. The van der Waals surface area contributed by atoms with E-state index in [1.165, 1.54) is 6.07 Å². The molecule has 1 N–H and O–H groups in total. The number of aromatic carboxylic acids is 1. The third-order valence-corrected chi connectivity index (χ3v) is 3.23. The molecule has 7 nitrogen and oxygen atoms in total. The van der Waals surface area contributed by atoms with Gasteiger partial charge in [0.2, 0.25) is 0 Å². The van der Waals surface area contributed by atoms with Crippen molar-refractivity contribution in [2.24, 2.45) is 0 Å². The van der Waals surface area contributed by atoms with Gasteiger partial charge in [0.1, 0.15) is 0 Å². The Morgan fingerprint density at radius 2 is 2.10 bits per heavy atom. The highest BCUT2D eigenvalue weighted by atomic mass is 16.6. The summed E-state index contributed by atoms with van der Waals surface area (Å²) in [4.78, 5) is 23.6. The summed E-state index contributed by atoms with van der Waals surface area (Å²) in [5.41, 5.74) is 0.754. The molecule has 0 aliphatic rings. The number of ether oxygens (including phenoxy) is 1. The van der Waals surface area contributed by atoms with Gasteiger partial charge in [-0.2, -0.15) is 0 Å². The van der Waals surface area contributed by atoms with Gasteiger partial charge in [-0.3, -0.25) is 10.1 Å². The van der Waals surface area contributed by atoms with Gasteiger partial charge in [0, 0.05) is 31.5 Å². The number of nitro benzene ring substituents is 1. The van der Waals surface area contributed by atoms with E-state index in [1.807, 2.05) is 18.7 Å². The Balaban J connectivity index is 3.24. The third-order valence-electron chi connectivity index (χ3n) is 3.23. The zero-order valence-corrected chi connectivity index (χ0v) is 12.5. The van der Waals surface area contributed by atoms with Crippen LogP contribution in [0.15, 0.2) is 12.1 Å². The molecule has 0 fully saturated rings. The summed E-state index contributed by atoms with van der Waals surface area (Å²) >= 11 is 0. The van der Waals surface area contributed by atoms with Crippen LogP contribution in [0, 0.1) is 17.0 Å². The molecular weight excluding hydrogens is 276 g/mol. The topological polar surface area (TPSA) is 92.9 Å². The van der Waals surface area contributed by atoms with Crippen molar-refractivity contribution < 1.29 is 19.6 Å². The predicted molar refractivity (Wildman–Crippen MR) is 79.2 cm³/mol. The van der Waals surface area contributed by atoms with Gasteiger partial charge >= 0.3 is 5.97 Å². The monoisotopic (exact) mass is 296 g/mol. The molecule has 0 atom stereocenters. The number of carboxylic acids is 1. The second-order valence-corrected chi connectivity index (χ2v) is 4.48. The van der Waals surface area contributed by atoms with Crippen molar-refractivity contribution in [2.75, 3.05) is 31.2 Å². The van der Waals surface area contributed by atoms with Crippen LogP contribution in [-0.2, 0) is 4.74 Å². The molecule has 116 valence electrons. The Labute approximate surface area is 123 Å². The van der Waals surface area contributed by atoms with Gasteiger partial charge in [0.15, 0.2) is 0 Å². The maximum Gasteiger partial charge on any atom is 0.336 e. The first kappa shape index (κ1) is 16.9. The first-order chi connectivity index (χ1) is 9.92. The van der Waals surface area contributed by atoms with E-state index in [-0.39, 0.29) is 11.3 Å². The van der Waals surface area contributed by atoms with Crippen molar-refractivity contribution in [1.29, 1.82) is 0 Å². The van der Waals surface area contributed by atoms with Crippen LogP contribution in [0.5, 0.6) is 0 Å². The zero-order chi connectivity index (χ0) is 16.0. The zero-order valence-electron chi connectivity index (χ0n) is 12.5. The third kappa shape index (κ3) is 4.16. The summed E-state index contributed by atoms with van der Waals surface area (Å²) in [6.07, 6.45) is 0. The van der Waals surface area contributed by atoms with Crippen molar-refractivity contribution in [2.45, 2.75) is 20.8 Å². The molecule has 0 saturated heterocycles. The molecule has 1 aromatic carbocycles. The molecule has 1 rings (SSSR count). The second-order valence-electron chi connectivity index (χ2n) is 4.48. The number of hydrogen-bond acceptors (Lipinski definition) is 5. The van der Waals surface area contributed by atoms with Crippen LogP contribution in [0.3, 0.4) is 0 Å². The maximum absolute atomic E-state index is 11.1. The van der Waals surface area contributed by atoms with Crippen LogP contribution in [0.1, 0.15) is 29.8 Å². The average molecular weight is 296 g/mol. The minimum Gasteiger partial charge on any atom is -0.478 e. The van der Waals surface area contributed by atoms with Gasteiger partial charge in [-0.1, -0.05) is 0 Å². The van der Waals surface area contributed by atoms with Gasteiger partial charge in [-0.25, -0.2) is 4.79 Å². The summed E-state index contributed by atoms with van der Waals surface area (Å²) < 4.78 is 5.29. The fraction of sp³-hybridized carbons (Fsp3) is 0.500. The minimum atomic E-state index is -1.18. The van der Waals surface area contributed by atoms with Gasteiger partial charge < -0.3 is 14.7 Å². The fourth-order valence-corrected chi connectivity index (χ4v) is 2.09. The van der Waals surface area contributed by atoms with E-state index in [1.54, 1.807) is 6.92 Å². The molecule has 7 heteroatoms. The predicted octanol–water partition coefficient (Wildman–Crippen LogP) is 2.46. The number of nitro groups is 1. The lowest BCUT2D eigenvalue weighted by Gasteiger charge is -2.25. The normalized spacial score (nSPS) is 10.4. The van der Waals surface area contributed by atoms with Crippen molar-refractivity contribution in [3.05, 3.63) is 33.4 Å². The number of benzene rings is 1. The lowest BCUT2D eigenvalue weighted by atomic mass is 10.1. The van der Waals surface area contributed by atoms with Crippen LogP contribution in [0.4, 0.5) is 11.4 Å². The van der Waals surface area contributed by atoms with Crippen molar-refractivity contribution in [3.63, 3.8) is 0 Å². The number of anilines is 1. The highest BCUT2D eigenvalue weighted by molar-refractivity contribution is 5.90. The summed E-state index contributed by atoms with van der Waals surface area (Å²) in [6.45, 7) is 7.64. The van der Waals surface area contributed by atoms with E-state index >= 15 is 0 Å². The summed E-state index contributed by atoms with van der Waals surface area (Å²) in [7, 11) is 0. The first-order valence-electron chi connectivity index (χ1n) is 6.77. The van der Waals surface area contributed by atoms with Crippen LogP contribution in [-0.4, -0.2) is 42.3 Å². The Morgan fingerprint density at radius 3 is 2.57 bits per heavy atom. The van der Waals surface area contributed by atoms with E-state index in [0.717, 1.165) is 6.07 Å². The smallest absolute Gasteiger partial charge is 0.336 e. The van der Waals surface area contributed by atoms with E-state index < -0.39 is 10.9 Å². The molecule has 0 bridgehead atoms. The average Bonchev–Trinajstić information content (AvgIpc) is 2.44. The molecule has 0 unspecified atom stereocenters. The largest absolute Gasteiger partial charge is 0.478 e.